The predicted octanol–water partition coefficient (Wildman–Crippen LogP) is 0.770. The Bertz CT molecular complexity index is 1170. The van der Waals surface area contributed by atoms with Crippen LogP contribution in [0.5, 0.6) is 5.75 Å². The first kappa shape index (κ1) is 32.2. The molecule has 0 aromatic heterocycles. The van der Waals surface area contributed by atoms with E-state index in [9.17, 15) is 19.2 Å². The lowest BCUT2D eigenvalue weighted by atomic mass is 10.0. The second kappa shape index (κ2) is 15.2. The van der Waals surface area contributed by atoms with Crippen LogP contribution in [0, 0.1) is 0 Å². The lowest BCUT2D eigenvalue weighted by molar-refractivity contribution is -0.139. The van der Waals surface area contributed by atoms with Gasteiger partial charge in [0.25, 0.3) is 0 Å². The number of nitrogens with one attached hydrogen (secondary N) is 3. The topological polar surface area (TPSA) is 139 Å². The van der Waals surface area contributed by atoms with Crippen LogP contribution in [0.3, 0.4) is 0 Å². The Morgan fingerprint density at radius 3 is 2.59 bits per heavy atom. The van der Waals surface area contributed by atoms with Gasteiger partial charge in [0.05, 0.1) is 25.4 Å². The van der Waals surface area contributed by atoms with Crippen LogP contribution in [0.4, 0.5) is 0 Å². The van der Waals surface area contributed by atoms with E-state index in [1.54, 1.807) is 12.0 Å². The second-order valence-electron chi connectivity index (χ2n) is 12.4. The first-order valence-corrected chi connectivity index (χ1v) is 16.1. The second-order valence-corrected chi connectivity index (χ2v) is 12.4. The molecule has 12 heteroatoms. The van der Waals surface area contributed by atoms with Gasteiger partial charge in [0.15, 0.2) is 0 Å². The Hall–Kier alpha value is -3.22. The van der Waals surface area contributed by atoms with Crippen molar-refractivity contribution in [1.29, 1.82) is 0 Å². The maximum atomic E-state index is 14.0. The highest BCUT2D eigenvalue weighted by atomic mass is 16.5. The number of carbonyl (C=O) groups excluding carboxylic acids is 4. The van der Waals surface area contributed by atoms with E-state index in [1.807, 2.05) is 24.3 Å². The minimum Gasteiger partial charge on any atom is -0.494 e. The molecule has 3 heterocycles. The molecule has 1 saturated carbocycles. The molecular weight excluding hydrogens is 566 g/mol. The molecule has 1 aliphatic carbocycles. The molecule has 5 rings (SSSR count). The molecule has 242 valence electrons. The number of nitrogens with zero attached hydrogens (tertiary/aromatic N) is 2. The molecule has 12 nitrogen and oxygen atoms in total. The number of hydrogen-bond donors (Lipinski definition) is 3. The van der Waals surface area contributed by atoms with Crippen molar-refractivity contribution < 1.29 is 33.4 Å². The molecule has 44 heavy (non-hydrogen) atoms. The molecule has 3 fully saturated rings. The summed E-state index contributed by atoms with van der Waals surface area (Å²) in [5.41, 5.74) is 0.557. The molecule has 0 radical (unpaired) electrons. The van der Waals surface area contributed by atoms with Gasteiger partial charge in [-0.05, 0) is 62.6 Å². The summed E-state index contributed by atoms with van der Waals surface area (Å²) in [4.78, 5) is 57.9. The Balaban J connectivity index is 1.37. The van der Waals surface area contributed by atoms with E-state index in [1.165, 1.54) is 0 Å². The highest BCUT2D eigenvalue weighted by Crippen LogP contribution is 2.38. The van der Waals surface area contributed by atoms with Crippen molar-refractivity contribution in [2.24, 2.45) is 0 Å². The van der Waals surface area contributed by atoms with Gasteiger partial charge in [0.2, 0.25) is 23.6 Å². The fraction of sp³-hybridized carbons (Fsp3) is 0.688. The van der Waals surface area contributed by atoms with Crippen molar-refractivity contribution in [3.05, 3.63) is 29.8 Å². The first-order valence-electron chi connectivity index (χ1n) is 16.1. The lowest BCUT2D eigenvalue weighted by Gasteiger charge is -2.31. The van der Waals surface area contributed by atoms with Crippen LogP contribution in [0.15, 0.2) is 24.3 Å². The van der Waals surface area contributed by atoms with E-state index in [2.05, 4.69) is 20.9 Å². The van der Waals surface area contributed by atoms with E-state index in [0.717, 1.165) is 31.5 Å². The molecule has 3 N–H and O–H groups in total. The summed E-state index contributed by atoms with van der Waals surface area (Å²) >= 11 is 0. The number of likely N-dealkylation sites (tertiary alicyclic amines) is 1. The summed E-state index contributed by atoms with van der Waals surface area (Å²) in [7, 11) is 1.65. The van der Waals surface area contributed by atoms with Crippen LogP contribution in [-0.4, -0.2) is 117 Å². The number of hydrogen-bond acceptors (Lipinski definition) is 8. The standard InChI is InChI=1S/C32H47N5O7/c1-42-32(11-12-32)22-33-29(39)25-8-2-3-17-44-24-7-4-6-23(20-24)21-27(37-13-5-9-28(37)38)31(41)35-26(30(40)34-25)10-14-36-15-18-43-19-16-36/h4,6-7,20,25-27H,2-3,5,8-19,21-22H2,1H3,(H,33,39)(H,34,40)(H,35,41)/t25-,26?,27-/m0/s1. The number of morpholine rings is 1. The van der Waals surface area contributed by atoms with Gasteiger partial charge in [-0.25, -0.2) is 0 Å². The summed E-state index contributed by atoms with van der Waals surface area (Å²) in [5, 5.41) is 8.93. The van der Waals surface area contributed by atoms with Gasteiger partial charge < -0.3 is 35.1 Å². The number of fused-ring (bicyclic) bond motifs is 2. The van der Waals surface area contributed by atoms with Crippen molar-refractivity contribution in [3.63, 3.8) is 0 Å². The van der Waals surface area contributed by atoms with Crippen molar-refractivity contribution >= 4 is 23.6 Å². The van der Waals surface area contributed by atoms with E-state index in [-0.39, 0.29) is 23.3 Å². The number of methoxy groups -OCH3 is 1. The van der Waals surface area contributed by atoms with Crippen LogP contribution in [0.1, 0.15) is 56.9 Å². The van der Waals surface area contributed by atoms with Gasteiger partial charge in [-0.15, -0.1) is 0 Å². The third-order valence-corrected chi connectivity index (χ3v) is 9.20. The Morgan fingerprint density at radius 1 is 1.05 bits per heavy atom. The van der Waals surface area contributed by atoms with Gasteiger partial charge >= 0.3 is 0 Å². The molecule has 2 bridgehead atoms. The minimum absolute atomic E-state index is 0.0671. The highest BCUT2D eigenvalue weighted by Gasteiger charge is 2.43. The molecular formula is C32H47N5O7. The smallest absolute Gasteiger partial charge is 0.243 e. The fourth-order valence-corrected chi connectivity index (χ4v) is 6.15. The van der Waals surface area contributed by atoms with Gasteiger partial charge in [-0.1, -0.05) is 12.1 Å². The number of carbonyl (C=O) groups is 4. The lowest BCUT2D eigenvalue weighted by Crippen LogP contribution is -2.58. The third-order valence-electron chi connectivity index (χ3n) is 9.20. The van der Waals surface area contributed by atoms with Crippen LogP contribution < -0.4 is 20.7 Å². The molecule has 0 spiro atoms. The largest absolute Gasteiger partial charge is 0.494 e. The van der Waals surface area contributed by atoms with Crippen molar-refractivity contribution in [1.82, 2.24) is 25.8 Å². The monoisotopic (exact) mass is 613 g/mol. The zero-order valence-corrected chi connectivity index (χ0v) is 25.8. The predicted molar refractivity (Wildman–Crippen MR) is 162 cm³/mol. The van der Waals surface area contributed by atoms with Crippen molar-refractivity contribution in [2.45, 2.75) is 81.5 Å². The molecule has 4 amide bonds. The summed E-state index contributed by atoms with van der Waals surface area (Å²) in [6.45, 7) is 4.65. The minimum atomic E-state index is -0.878. The molecule has 1 aromatic carbocycles. The maximum Gasteiger partial charge on any atom is 0.243 e. The Morgan fingerprint density at radius 2 is 1.86 bits per heavy atom. The van der Waals surface area contributed by atoms with Gasteiger partial charge in [-0.3, -0.25) is 24.1 Å². The van der Waals surface area contributed by atoms with Crippen LogP contribution in [0.25, 0.3) is 0 Å². The Kier molecular flexibility index (Phi) is 11.1. The number of amides is 4. The number of benzene rings is 1. The van der Waals surface area contributed by atoms with E-state index in [0.29, 0.717) is 90.2 Å². The molecule has 1 unspecified atom stereocenters. The van der Waals surface area contributed by atoms with Crippen molar-refractivity contribution in [3.8, 4) is 5.75 Å². The molecule has 2 saturated heterocycles. The third kappa shape index (κ3) is 8.70. The van der Waals surface area contributed by atoms with Gasteiger partial charge in [-0.2, -0.15) is 0 Å². The average molecular weight is 614 g/mol. The summed E-state index contributed by atoms with van der Waals surface area (Å²) in [6.07, 6.45) is 5.32. The summed E-state index contributed by atoms with van der Waals surface area (Å²) in [5.74, 6) is -0.423. The molecule has 3 aliphatic heterocycles. The summed E-state index contributed by atoms with van der Waals surface area (Å²) in [6, 6.07) is 5.19. The van der Waals surface area contributed by atoms with E-state index >= 15 is 0 Å². The molecule has 1 aromatic rings. The zero-order chi connectivity index (χ0) is 30.9. The maximum absolute atomic E-state index is 14.0. The Labute approximate surface area is 259 Å². The fourth-order valence-electron chi connectivity index (χ4n) is 6.15. The van der Waals surface area contributed by atoms with E-state index in [4.69, 9.17) is 14.2 Å². The van der Waals surface area contributed by atoms with Crippen LogP contribution >= 0.6 is 0 Å². The highest BCUT2D eigenvalue weighted by molar-refractivity contribution is 5.94. The van der Waals surface area contributed by atoms with E-state index < -0.39 is 24.0 Å². The molecule has 4 aliphatic rings. The molecule has 3 atom stereocenters. The number of ether oxygens (including phenoxy) is 3. The first-order chi connectivity index (χ1) is 21.4. The van der Waals surface area contributed by atoms with Crippen LogP contribution in [-0.2, 0) is 35.1 Å². The van der Waals surface area contributed by atoms with Crippen LogP contribution in [0.2, 0.25) is 0 Å². The number of rotatable bonds is 8. The SMILES string of the molecule is COC1(CNC(=O)[C@@H]2CCCCOc3cccc(c3)C[C@H](N3CCCC3=O)C(=O)NC(CCN3CCOCC3)C(=O)N2)CC1. The van der Waals surface area contributed by atoms with Crippen molar-refractivity contribution in [2.75, 3.05) is 59.7 Å². The van der Waals surface area contributed by atoms with Gasteiger partial charge in [0.1, 0.15) is 23.9 Å². The quantitative estimate of drug-likeness (QED) is 0.391. The van der Waals surface area contributed by atoms with Gasteiger partial charge in [0, 0.05) is 52.7 Å². The zero-order valence-electron chi connectivity index (χ0n) is 25.8. The average Bonchev–Trinajstić information content (AvgIpc) is 3.71. The normalized spacial score (nSPS) is 26.8. The summed E-state index contributed by atoms with van der Waals surface area (Å²) < 4.78 is 17.0.